The van der Waals surface area contributed by atoms with Crippen molar-refractivity contribution >= 4 is 28.2 Å². The van der Waals surface area contributed by atoms with E-state index in [-0.39, 0.29) is 0 Å². The lowest BCUT2D eigenvalue weighted by Gasteiger charge is -2.00. The van der Waals surface area contributed by atoms with Crippen LogP contribution >= 0.6 is 11.6 Å². The van der Waals surface area contributed by atoms with Crippen LogP contribution < -0.4 is 5.73 Å². The molecule has 5 heteroatoms. The zero-order valence-electron chi connectivity index (χ0n) is 8.29. The molecule has 1 aromatic carbocycles. The first-order chi connectivity index (χ1) is 7.75. The van der Waals surface area contributed by atoms with Crippen molar-refractivity contribution in [1.29, 1.82) is 0 Å². The number of anilines is 1. The van der Waals surface area contributed by atoms with Gasteiger partial charge in [0, 0.05) is 45.1 Å². The predicted molar refractivity (Wildman–Crippen MR) is 65.3 cm³/mol. The van der Waals surface area contributed by atoms with E-state index in [4.69, 9.17) is 17.3 Å². The largest absolute Gasteiger partial charge is 0.398 e. The van der Waals surface area contributed by atoms with E-state index in [0.29, 0.717) is 10.7 Å². The Kier molecular flexibility index (Phi) is 1.91. The number of aromatic amines is 2. The third-order valence-electron chi connectivity index (χ3n) is 2.58. The third-order valence-corrected chi connectivity index (χ3v) is 2.80. The molecule has 0 radical (unpaired) electrons. The number of nitrogens with one attached hydrogen (secondary N) is 2. The lowest BCUT2D eigenvalue weighted by atomic mass is 10.1. The summed E-state index contributed by atoms with van der Waals surface area (Å²) in [5, 5.41) is 8.32. The zero-order chi connectivity index (χ0) is 11.1. The smallest absolute Gasteiger partial charge is 0.0566 e. The van der Waals surface area contributed by atoms with Gasteiger partial charge in [-0.3, -0.25) is 5.10 Å². The van der Waals surface area contributed by atoms with Crippen LogP contribution in [-0.4, -0.2) is 15.2 Å². The maximum Gasteiger partial charge on any atom is 0.0566 e. The van der Waals surface area contributed by atoms with Gasteiger partial charge in [0.2, 0.25) is 0 Å². The standard InChI is InChI=1S/C11H9ClN4/c12-7-1-9(13)11-8(5-14-10(11)2-7)6-3-15-16-4-6/h1-5,14H,13H2,(H,15,16). The number of aromatic nitrogens is 3. The molecule has 3 aromatic rings. The molecule has 3 rings (SSSR count). The second-order valence-corrected chi connectivity index (χ2v) is 4.04. The monoisotopic (exact) mass is 232 g/mol. The fourth-order valence-electron chi connectivity index (χ4n) is 1.89. The van der Waals surface area contributed by atoms with E-state index in [0.717, 1.165) is 22.0 Å². The highest BCUT2D eigenvalue weighted by atomic mass is 35.5. The highest BCUT2D eigenvalue weighted by Gasteiger charge is 2.10. The molecule has 0 fully saturated rings. The Labute approximate surface area is 96.4 Å². The number of hydrogen-bond donors (Lipinski definition) is 3. The minimum atomic E-state index is 0.630. The number of fused-ring (bicyclic) bond motifs is 1. The molecule has 4 nitrogen and oxygen atoms in total. The van der Waals surface area contributed by atoms with Crippen LogP contribution in [0.1, 0.15) is 0 Å². The van der Waals surface area contributed by atoms with Crippen LogP contribution in [0.4, 0.5) is 5.69 Å². The van der Waals surface area contributed by atoms with E-state index < -0.39 is 0 Å². The molecule has 0 aliphatic heterocycles. The molecule has 0 amide bonds. The first kappa shape index (κ1) is 9.30. The average Bonchev–Trinajstić information content (AvgIpc) is 2.82. The van der Waals surface area contributed by atoms with Gasteiger partial charge in [0.25, 0.3) is 0 Å². The molecular formula is C11H9ClN4. The summed E-state index contributed by atoms with van der Waals surface area (Å²) in [4.78, 5) is 3.15. The van der Waals surface area contributed by atoms with Crippen molar-refractivity contribution in [2.75, 3.05) is 5.73 Å². The van der Waals surface area contributed by atoms with Crippen LogP contribution in [0.15, 0.2) is 30.7 Å². The van der Waals surface area contributed by atoms with Gasteiger partial charge in [-0.1, -0.05) is 11.6 Å². The van der Waals surface area contributed by atoms with Crippen molar-refractivity contribution in [1.82, 2.24) is 15.2 Å². The topological polar surface area (TPSA) is 70.5 Å². The summed E-state index contributed by atoms with van der Waals surface area (Å²) in [6.45, 7) is 0. The second-order valence-electron chi connectivity index (χ2n) is 3.61. The summed E-state index contributed by atoms with van der Waals surface area (Å²) in [6, 6.07) is 3.61. The van der Waals surface area contributed by atoms with Gasteiger partial charge in [0.1, 0.15) is 0 Å². The number of rotatable bonds is 1. The normalized spacial score (nSPS) is 11.1. The summed E-state index contributed by atoms with van der Waals surface area (Å²) in [5.41, 5.74) is 9.60. The van der Waals surface area contributed by atoms with Crippen LogP contribution in [-0.2, 0) is 0 Å². The number of nitrogen functional groups attached to an aromatic ring is 1. The molecular weight excluding hydrogens is 224 g/mol. The van der Waals surface area contributed by atoms with Crippen molar-refractivity contribution in [2.45, 2.75) is 0 Å². The molecule has 0 aliphatic rings. The SMILES string of the molecule is Nc1cc(Cl)cc2[nH]cc(-c3cn[nH]c3)c12. The summed E-state index contributed by atoms with van der Waals surface area (Å²) in [7, 11) is 0. The van der Waals surface area contributed by atoms with E-state index >= 15 is 0 Å². The van der Waals surface area contributed by atoms with Gasteiger partial charge in [-0.25, -0.2) is 0 Å². The molecule has 0 aliphatic carbocycles. The second kappa shape index (κ2) is 3.28. The van der Waals surface area contributed by atoms with Gasteiger partial charge < -0.3 is 10.7 Å². The van der Waals surface area contributed by atoms with Crippen molar-refractivity contribution in [3.05, 3.63) is 35.7 Å². The van der Waals surface area contributed by atoms with Crippen LogP contribution in [0.3, 0.4) is 0 Å². The van der Waals surface area contributed by atoms with Crippen LogP contribution in [0.2, 0.25) is 5.02 Å². The van der Waals surface area contributed by atoms with E-state index in [2.05, 4.69) is 15.2 Å². The summed E-state index contributed by atoms with van der Waals surface area (Å²) >= 11 is 5.94. The third kappa shape index (κ3) is 1.27. The number of halogens is 1. The number of benzene rings is 1. The zero-order valence-corrected chi connectivity index (χ0v) is 9.05. The van der Waals surface area contributed by atoms with E-state index in [1.54, 1.807) is 12.3 Å². The molecule has 0 saturated heterocycles. The lowest BCUT2D eigenvalue weighted by molar-refractivity contribution is 1.09. The van der Waals surface area contributed by atoms with Gasteiger partial charge in [-0.05, 0) is 12.1 Å². The van der Waals surface area contributed by atoms with Crippen LogP contribution in [0.5, 0.6) is 0 Å². The molecule has 0 spiro atoms. The summed E-state index contributed by atoms with van der Waals surface area (Å²) in [5.74, 6) is 0. The molecule has 2 heterocycles. The molecule has 0 saturated carbocycles. The summed E-state index contributed by atoms with van der Waals surface area (Å²) in [6.07, 6.45) is 5.50. The maximum atomic E-state index is 5.97. The van der Waals surface area contributed by atoms with E-state index in [1.165, 1.54) is 0 Å². The molecule has 0 unspecified atom stereocenters. The molecule has 16 heavy (non-hydrogen) atoms. The van der Waals surface area contributed by atoms with Crippen LogP contribution in [0.25, 0.3) is 22.0 Å². The fraction of sp³-hybridized carbons (Fsp3) is 0. The van der Waals surface area contributed by atoms with E-state index in [9.17, 15) is 0 Å². The maximum absolute atomic E-state index is 5.97. The Morgan fingerprint density at radius 1 is 1.25 bits per heavy atom. The Balaban J connectivity index is 2.36. The number of nitrogens with two attached hydrogens (primary N) is 1. The molecule has 0 bridgehead atoms. The molecule has 2 aromatic heterocycles. The van der Waals surface area contributed by atoms with E-state index in [1.807, 2.05) is 18.5 Å². The Bertz CT molecular complexity index is 639. The minimum absolute atomic E-state index is 0.630. The average molecular weight is 233 g/mol. The Morgan fingerprint density at radius 3 is 2.88 bits per heavy atom. The van der Waals surface area contributed by atoms with Gasteiger partial charge in [0.15, 0.2) is 0 Å². The first-order valence-electron chi connectivity index (χ1n) is 4.81. The minimum Gasteiger partial charge on any atom is -0.398 e. The summed E-state index contributed by atoms with van der Waals surface area (Å²) < 4.78 is 0. The highest BCUT2D eigenvalue weighted by molar-refractivity contribution is 6.32. The fourth-order valence-corrected chi connectivity index (χ4v) is 2.12. The Morgan fingerprint density at radius 2 is 2.12 bits per heavy atom. The number of nitrogens with zero attached hydrogens (tertiary/aromatic N) is 1. The van der Waals surface area contributed by atoms with Crippen LogP contribution in [0, 0.1) is 0 Å². The van der Waals surface area contributed by atoms with Crippen molar-refractivity contribution in [2.24, 2.45) is 0 Å². The molecule has 0 atom stereocenters. The van der Waals surface area contributed by atoms with Crippen molar-refractivity contribution in [3.63, 3.8) is 0 Å². The van der Waals surface area contributed by atoms with Gasteiger partial charge in [0.05, 0.1) is 6.20 Å². The van der Waals surface area contributed by atoms with Gasteiger partial charge in [-0.2, -0.15) is 5.10 Å². The molecule has 4 N–H and O–H groups in total. The van der Waals surface area contributed by atoms with Gasteiger partial charge >= 0.3 is 0 Å². The first-order valence-corrected chi connectivity index (χ1v) is 5.19. The number of H-pyrrole nitrogens is 2. The highest BCUT2D eigenvalue weighted by Crippen LogP contribution is 2.34. The van der Waals surface area contributed by atoms with Crippen molar-refractivity contribution in [3.8, 4) is 11.1 Å². The van der Waals surface area contributed by atoms with Gasteiger partial charge in [-0.15, -0.1) is 0 Å². The lowest BCUT2D eigenvalue weighted by Crippen LogP contribution is -1.86. The Hall–Kier alpha value is -1.94. The molecule has 80 valence electrons. The number of hydrogen-bond acceptors (Lipinski definition) is 2. The van der Waals surface area contributed by atoms with Crippen molar-refractivity contribution < 1.29 is 0 Å². The quantitative estimate of drug-likeness (QED) is 0.565. The predicted octanol–water partition coefficient (Wildman–Crippen LogP) is 2.79.